The SMILES string of the molecule is CC(C)(C)CC(Cl)CNCCC1CCCO1. The number of hydrogen-bond donors (Lipinski definition) is 1. The summed E-state index contributed by atoms with van der Waals surface area (Å²) in [5.41, 5.74) is 0.322. The zero-order chi connectivity index (χ0) is 12.0. The largest absolute Gasteiger partial charge is 0.378 e. The molecule has 1 aliphatic rings. The molecule has 1 heterocycles. The van der Waals surface area contributed by atoms with E-state index in [0.29, 0.717) is 11.5 Å². The van der Waals surface area contributed by atoms with E-state index >= 15 is 0 Å². The fraction of sp³-hybridized carbons (Fsp3) is 1.00. The molecule has 0 radical (unpaired) electrons. The van der Waals surface area contributed by atoms with Gasteiger partial charge in [0.1, 0.15) is 0 Å². The summed E-state index contributed by atoms with van der Waals surface area (Å²) in [6.45, 7) is 9.58. The second-order valence-corrected chi connectivity index (χ2v) is 6.61. The first-order valence-corrected chi connectivity index (χ1v) is 6.87. The number of alkyl halides is 1. The first-order chi connectivity index (χ1) is 7.47. The Hall–Kier alpha value is 0.210. The molecular weight excluding hydrogens is 222 g/mol. The molecule has 0 saturated carbocycles. The van der Waals surface area contributed by atoms with Gasteiger partial charge in [0, 0.05) is 18.5 Å². The molecule has 2 unspecified atom stereocenters. The van der Waals surface area contributed by atoms with E-state index in [0.717, 1.165) is 32.5 Å². The average molecular weight is 248 g/mol. The average Bonchev–Trinajstić information content (AvgIpc) is 2.62. The summed E-state index contributed by atoms with van der Waals surface area (Å²) < 4.78 is 5.57. The van der Waals surface area contributed by atoms with Crippen LogP contribution in [0.2, 0.25) is 0 Å². The molecule has 96 valence electrons. The maximum atomic E-state index is 6.27. The molecular formula is C13H26ClNO. The highest BCUT2D eigenvalue weighted by Gasteiger charge is 2.17. The second kappa shape index (κ2) is 6.83. The van der Waals surface area contributed by atoms with E-state index in [1.165, 1.54) is 12.8 Å². The number of rotatable bonds is 6. The van der Waals surface area contributed by atoms with Crippen LogP contribution < -0.4 is 5.32 Å². The molecule has 1 rings (SSSR count). The fourth-order valence-corrected chi connectivity index (χ4v) is 2.70. The first kappa shape index (κ1) is 14.3. The Morgan fingerprint density at radius 3 is 2.75 bits per heavy atom. The van der Waals surface area contributed by atoms with Crippen LogP contribution in [0.5, 0.6) is 0 Å². The van der Waals surface area contributed by atoms with Gasteiger partial charge in [0.25, 0.3) is 0 Å². The van der Waals surface area contributed by atoms with Gasteiger partial charge in [-0.05, 0) is 37.6 Å². The molecule has 0 aromatic carbocycles. The van der Waals surface area contributed by atoms with Gasteiger partial charge in [-0.25, -0.2) is 0 Å². The predicted molar refractivity (Wildman–Crippen MR) is 70.2 cm³/mol. The van der Waals surface area contributed by atoms with Crippen LogP contribution >= 0.6 is 11.6 Å². The van der Waals surface area contributed by atoms with Crippen LogP contribution in [0.3, 0.4) is 0 Å². The number of ether oxygens (including phenoxy) is 1. The van der Waals surface area contributed by atoms with Crippen molar-refractivity contribution < 1.29 is 4.74 Å². The van der Waals surface area contributed by atoms with Crippen LogP contribution in [0.4, 0.5) is 0 Å². The maximum absolute atomic E-state index is 6.27. The summed E-state index contributed by atoms with van der Waals surface area (Å²) in [4.78, 5) is 0. The van der Waals surface area contributed by atoms with Gasteiger partial charge < -0.3 is 10.1 Å². The first-order valence-electron chi connectivity index (χ1n) is 6.44. The Labute approximate surface area is 105 Å². The van der Waals surface area contributed by atoms with Gasteiger partial charge >= 0.3 is 0 Å². The van der Waals surface area contributed by atoms with Crippen LogP contribution in [-0.4, -0.2) is 31.2 Å². The zero-order valence-electron chi connectivity index (χ0n) is 10.9. The highest BCUT2D eigenvalue weighted by Crippen LogP contribution is 2.23. The van der Waals surface area contributed by atoms with Gasteiger partial charge in [0.05, 0.1) is 6.10 Å². The van der Waals surface area contributed by atoms with Crippen molar-refractivity contribution in [3.63, 3.8) is 0 Å². The molecule has 3 heteroatoms. The minimum absolute atomic E-state index is 0.240. The molecule has 0 aromatic heterocycles. The summed E-state index contributed by atoms with van der Waals surface area (Å²) >= 11 is 6.27. The molecule has 2 atom stereocenters. The monoisotopic (exact) mass is 247 g/mol. The highest BCUT2D eigenvalue weighted by atomic mass is 35.5. The third-order valence-corrected chi connectivity index (χ3v) is 3.18. The van der Waals surface area contributed by atoms with Crippen molar-refractivity contribution in [1.29, 1.82) is 0 Å². The summed E-state index contributed by atoms with van der Waals surface area (Å²) in [6.07, 6.45) is 5.13. The Kier molecular flexibility index (Phi) is 6.09. The van der Waals surface area contributed by atoms with Crippen LogP contribution in [-0.2, 0) is 4.74 Å². The summed E-state index contributed by atoms with van der Waals surface area (Å²) in [7, 11) is 0. The number of hydrogen-bond acceptors (Lipinski definition) is 2. The third-order valence-electron chi connectivity index (χ3n) is 2.87. The van der Waals surface area contributed by atoms with E-state index in [1.54, 1.807) is 0 Å². The van der Waals surface area contributed by atoms with Crippen LogP contribution in [0.15, 0.2) is 0 Å². The fourth-order valence-electron chi connectivity index (χ4n) is 2.13. The number of halogens is 1. The summed E-state index contributed by atoms with van der Waals surface area (Å²) in [5, 5.41) is 3.66. The van der Waals surface area contributed by atoms with Crippen molar-refractivity contribution in [3.8, 4) is 0 Å². The molecule has 1 saturated heterocycles. The topological polar surface area (TPSA) is 21.3 Å². The van der Waals surface area contributed by atoms with E-state index in [4.69, 9.17) is 16.3 Å². The van der Waals surface area contributed by atoms with Crippen molar-refractivity contribution in [1.82, 2.24) is 5.32 Å². The Morgan fingerprint density at radius 2 is 2.19 bits per heavy atom. The van der Waals surface area contributed by atoms with E-state index in [-0.39, 0.29) is 5.38 Å². The van der Waals surface area contributed by atoms with E-state index in [9.17, 15) is 0 Å². The van der Waals surface area contributed by atoms with Crippen molar-refractivity contribution in [2.24, 2.45) is 5.41 Å². The van der Waals surface area contributed by atoms with Crippen LogP contribution in [0.1, 0.15) is 46.5 Å². The smallest absolute Gasteiger partial charge is 0.0588 e. The predicted octanol–water partition coefficient (Wildman–Crippen LogP) is 3.19. The molecule has 0 aromatic rings. The third kappa shape index (κ3) is 6.72. The highest BCUT2D eigenvalue weighted by molar-refractivity contribution is 6.20. The molecule has 0 bridgehead atoms. The lowest BCUT2D eigenvalue weighted by Gasteiger charge is -2.22. The second-order valence-electron chi connectivity index (χ2n) is 5.99. The Bertz CT molecular complexity index is 185. The van der Waals surface area contributed by atoms with Crippen LogP contribution in [0.25, 0.3) is 0 Å². The van der Waals surface area contributed by atoms with Crippen molar-refractivity contribution in [2.45, 2.75) is 57.9 Å². The molecule has 2 nitrogen and oxygen atoms in total. The van der Waals surface area contributed by atoms with Gasteiger partial charge in [0.2, 0.25) is 0 Å². The zero-order valence-corrected chi connectivity index (χ0v) is 11.6. The Morgan fingerprint density at radius 1 is 1.44 bits per heavy atom. The molecule has 0 aliphatic carbocycles. The molecule has 0 spiro atoms. The number of nitrogens with one attached hydrogen (secondary N) is 1. The molecule has 0 amide bonds. The quantitative estimate of drug-likeness (QED) is 0.575. The molecule has 1 aliphatic heterocycles. The van der Waals surface area contributed by atoms with Gasteiger partial charge in [-0.2, -0.15) is 0 Å². The summed E-state index contributed by atoms with van der Waals surface area (Å²) in [5.74, 6) is 0. The minimum atomic E-state index is 0.240. The van der Waals surface area contributed by atoms with Gasteiger partial charge in [-0.15, -0.1) is 11.6 Å². The molecule has 16 heavy (non-hydrogen) atoms. The van der Waals surface area contributed by atoms with Crippen molar-refractivity contribution >= 4 is 11.6 Å². The minimum Gasteiger partial charge on any atom is -0.378 e. The van der Waals surface area contributed by atoms with E-state index < -0.39 is 0 Å². The van der Waals surface area contributed by atoms with E-state index in [1.807, 2.05) is 0 Å². The van der Waals surface area contributed by atoms with E-state index in [2.05, 4.69) is 26.1 Å². The normalized spacial score (nSPS) is 23.6. The van der Waals surface area contributed by atoms with Crippen molar-refractivity contribution in [3.05, 3.63) is 0 Å². The van der Waals surface area contributed by atoms with Crippen LogP contribution in [0, 0.1) is 5.41 Å². The van der Waals surface area contributed by atoms with Gasteiger partial charge in [-0.1, -0.05) is 20.8 Å². The molecule has 1 N–H and O–H groups in total. The van der Waals surface area contributed by atoms with Crippen molar-refractivity contribution in [2.75, 3.05) is 19.7 Å². The summed E-state index contributed by atoms with van der Waals surface area (Å²) in [6, 6.07) is 0. The standard InChI is InChI=1S/C13H26ClNO/c1-13(2,3)9-11(14)10-15-7-6-12-5-4-8-16-12/h11-12,15H,4-10H2,1-3H3. The molecule has 1 fully saturated rings. The van der Waals surface area contributed by atoms with Gasteiger partial charge in [-0.3, -0.25) is 0 Å². The maximum Gasteiger partial charge on any atom is 0.0588 e. The Balaban J connectivity index is 1.97. The lowest BCUT2D eigenvalue weighted by molar-refractivity contribution is 0.104. The lowest BCUT2D eigenvalue weighted by Crippen LogP contribution is -2.29. The lowest BCUT2D eigenvalue weighted by atomic mass is 9.90. The van der Waals surface area contributed by atoms with Gasteiger partial charge in [0.15, 0.2) is 0 Å².